The molecule has 0 aromatic rings. The van der Waals surface area contributed by atoms with Crippen molar-refractivity contribution in [2.75, 3.05) is 6.61 Å². The van der Waals surface area contributed by atoms with E-state index in [-0.39, 0.29) is 0 Å². The van der Waals surface area contributed by atoms with Gasteiger partial charge in [0.15, 0.2) is 0 Å². The van der Waals surface area contributed by atoms with Crippen molar-refractivity contribution in [1.82, 2.24) is 0 Å². The van der Waals surface area contributed by atoms with E-state index in [0.717, 1.165) is 0 Å². The molecular formula is C4H4ClF5O. The molecule has 0 aliphatic carbocycles. The molecule has 0 aromatic carbocycles. The first-order valence-corrected chi connectivity index (χ1v) is 2.79. The summed E-state index contributed by atoms with van der Waals surface area (Å²) in [6, 6.07) is 0. The average Bonchev–Trinajstić information content (AvgIpc) is 1.84. The Morgan fingerprint density at radius 3 is 1.73 bits per heavy atom. The van der Waals surface area contributed by atoms with Crippen molar-refractivity contribution in [3.63, 3.8) is 0 Å². The van der Waals surface area contributed by atoms with Gasteiger partial charge in [-0.25, -0.2) is 13.2 Å². The highest BCUT2D eigenvalue weighted by Gasteiger charge is 2.54. The van der Waals surface area contributed by atoms with Crippen LogP contribution in [-0.4, -0.2) is 29.2 Å². The van der Waals surface area contributed by atoms with E-state index in [9.17, 15) is 22.0 Å². The van der Waals surface area contributed by atoms with Crippen LogP contribution in [0.3, 0.4) is 0 Å². The molecule has 68 valence electrons. The van der Waals surface area contributed by atoms with Crippen molar-refractivity contribution in [1.29, 1.82) is 0 Å². The van der Waals surface area contributed by atoms with Crippen LogP contribution in [0.4, 0.5) is 22.0 Å². The van der Waals surface area contributed by atoms with Crippen LogP contribution in [-0.2, 0) is 0 Å². The van der Waals surface area contributed by atoms with E-state index in [1.165, 1.54) is 0 Å². The van der Waals surface area contributed by atoms with Crippen LogP contribution in [0, 0.1) is 0 Å². The molecule has 0 saturated heterocycles. The van der Waals surface area contributed by atoms with E-state index in [0.29, 0.717) is 0 Å². The van der Waals surface area contributed by atoms with Crippen molar-refractivity contribution < 1.29 is 27.1 Å². The van der Waals surface area contributed by atoms with Gasteiger partial charge >= 0.3 is 11.3 Å². The SMILES string of the molecule is OCC(F)(F)C(F)C(F)(F)Cl. The third-order valence-electron chi connectivity index (χ3n) is 0.869. The molecule has 0 saturated carbocycles. The molecular weight excluding hydrogens is 194 g/mol. The molecule has 7 heteroatoms. The maximum absolute atomic E-state index is 11.9. The van der Waals surface area contributed by atoms with Gasteiger partial charge in [-0.2, -0.15) is 8.78 Å². The van der Waals surface area contributed by atoms with Gasteiger partial charge in [-0.05, 0) is 11.6 Å². The summed E-state index contributed by atoms with van der Waals surface area (Å²) in [6.45, 7) is -2.00. The lowest BCUT2D eigenvalue weighted by molar-refractivity contribution is -0.164. The van der Waals surface area contributed by atoms with Gasteiger partial charge in [0.1, 0.15) is 6.61 Å². The lowest BCUT2D eigenvalue weighted by atomic mass is 10.2. The highest BCUT2D eigenvalue weighted by Crippen LogP contribution is 2.36. The lowest BCUT2D eigenvalue weighted by Gasteiger charge is -2.21. The zero-order valence-corrected chi connectivity index (χ0v) is 5.76. The Bertz CT molecular complexity index is 133. The molecule has 0 amide bonds. The third kappa shape index (κ3) is 2.78. The molecule has 0 rings (SSSR count). The Morgan fingerprint density at radius 1 is 1.27 bits per heavy atom. The summed E-state index contributed by atoms with van der Waals surface area (Å²) < 4.78 is 58.8. The maximum atomic E-state index is 11.9. The molecule has 0 fully saturated rings. The first-order valence-electron chi connectivity index (χ1n) is 2.41. The van der Waals surface area contributed by atoms with Gasteiger partial charge in [-0.15, -0.1) is 0 Å². The summed E-state index contributed by atoms with van der Waals surface area (Å²) in [5, 5.41) is 3.09. The van der Waals surface area contributed by atoms with E-state index in [2.05, 4.69) is 11.6 Å². The summed E-state index contributed by atoms with van der Waals surface area (Å²) in [7, 11) is 0. The zero-order chi connectivity index (χ0) is 9.28. The highest BCUT2D eigenvalue weighted by atomic mass is 35.5. The fraction of sp³-hybridized carbons (Fsp3) is 1.00. The average molecular weight is 199 g/mol. The minimum atomic E-state index is -4.66. The standard InChI is InChI=1S/C4H4ClF5O/c5-4(9,10)2(6)3(7,8)1-11/h2,11H,1H2. The number of alkyl halides is 6. The number of rotatable bonds is 3. The van der Waals surface area contributed by atoms with Gasteiger partial charge in [0.05, 0.1) is 0 Å². The van der Waals surface area contributed by atoms with Gasteiger partial charge in [-0.3, -0.25) is 0 Å². The van der Waals surface area contributed by atoms with E-state index in [1.807, 2.05) is 0 Å². The molecule has 0 bridgehead atoms. The fourth-order valence-corrected chi connectivity index (χ4v) is 0.479. The molecule has 0 heterocycles. The number of halogens is 6. The number of hydrogen-bond acceptors (Lipinski definition) is 1. The second kappa shape index (κ2) is 3.10. The van der Waals surface area contributed by atoms with E-state index in [4.69, 9.17) is 5.11 Å². The highest BCUT2D eigenvalue weighted by molar-refractivity contribution is 6.22. The van der Waals surface area contributed by atoms with E-state index >= 15 is 0 Å². The summed E-state index contributed by atoms with van der Waals surface area (Å²) in [4.78, 5) is 0. The van der Waals surface area contributed by atoms with E-state index in [1.54, 1.807) is 0 Å². The van der Waals surface area contributed by atoms with Crippen LogP contribution in [0.5, 0.6) is 0 Å². The minimum Gasteiger partial charge on any atom is -0.390 e. The van der Waals surface area contributed by atoms with Crippen LogP contribution in [0.1, 0.15) is 0 Å². The van der Waals surface area contributed by atoms with Gasteiger partial charge in [0.2, 0.25) is 6.17 Å². The smallest absolute Gasteiger partial charge is 0.358 e. The molecule has 0 aliphatic rings. The van der Waals surface area contributed by atoms with Gasteiger partial charge in [0.25, 0.3) is 0 Å². The first kappa shape index (κ1) is 10.9. The monoisotopic (exact) mass is 198 g/mol. The maximum Gasteiger partial charge on any atom is 0.358 e. The Balaban J connectivity index is 4.35. The fourth-order valence-electron chi connectivity index (χ4n) is 0.320. The second-order valence-electron chi connectivity index (χ2n) is 1.82. The minimum absolute atomic E-state index is 2.00. The molecule has 1 N–H and O–H groups in total. The van der Waals surface area contributed by atoms with Crippen molar-refractivity contribution in [2.24, 2.45) is 0 Å². The predicted molar refractivity (Wildman–Crippen MR) is 27.7 cm³/mol. The lowest BCUT2D eigenvalue weighted by Crippen LogP contribution is -2.43. The van der Waals surface area contributed by atoms with E-state index < -0.39 is 24.1 Å². The van der Waals surface area contributed by atoms with Crippen LogP contribution in [0.2, 0.25) is 0 Å². The Labute approximate surface area is 63.8 Å². The summed E-state index contributed by atoms with van der Waals surface area (Å²) in [6.07, 6.45) is -3.87. The molecule has 1 atom stereocenters. The van der Waals surface area contributed by atoms with Crippen LogP contribution < -0.4 is 0 Å². The molecule has 0 radical (unpaired) electrons. The zero-order valence-electron chi connectivity index (χ0n) is 5.00. The topological polar surface area (TPSA) is 20.2 Å². The molecule has 0 spiro atoms. The Kier molecular flexibility index (Phi) is 3.07. The largest absolute Gasteiger partial charge is 0.390 e. The molecule has 1 unspecified atom stereocenters. The van der Waals surface area contributed by atoms with Gasteiger partial charge < -0.3 is 5.11 Å². The number of hydrogen-bond donors (Lipinski definition) is 1. The van der Waals surface area contributed by atoms with Gasteiger partial charge in [-0.1, -0.05) is 0 Å². The summed E-state index contributed by atoms with van der Waals surface area (Å²) in [5.41, 5.74) is 0. The predicted octanol–water partition coefficient (Wildman–Crippen LogP) is 1.78. The van der Waals surface area contributed by atoms with Crippen LogP contribution >= 0.6 is 11.6 Å². The Hall–Kier alpha value is -0.100. The van der Waals surface area contributed by atoms with Gasteiger partial charge in [0, 0.05) is 0 Å². The summed E-state index contributed by atoms with van der Waals surface area (Å²) >= 11 is 3.95. The Morgan fingerprint density at radius 2 is 1.64 bits per heavy atom. The quantitative estimate of drug-likeness (QED) is 0.541. The van der Waals surface area contributed by atoms with Crippen molar-refractivity contribution in [3.05, 3.63) is 0 Å². The first-order chi connectivity index (χ1) is 4.72. The van der Waals surface area contributed by atoms with Crippen LogP contribution in [0.25, 0.3) is 0 Å². The molecule has 11 heavy (non-hydrogen) atoms. The third-order valence-corrected chi connectivity index (χ3v) is 1.06. The molecule has 1 nitrogen and oxygen atoms in total. The number of aliphatic hydroxyl groups is 1. The normalized spacial score (nSPS) is 16.6. The number of aliphatic hydroxyl groups excluding tert-OH is 1. The van der Waals surface area contributed by atoms with Crippen molar-refractivity contribution >= 4 is 11.6 Å². The van der Waals surface area contributed by atoms with Crippen molar-refractivity contribution in [2.45, 2.75) is 17.5 Å². The van der Waals surface area contributed by atoms with Crippen LogP contribution in [0.15, 0.2) is 0 Å². The molecule has 0 aliphatic heterocycles. The summed E-state index contributed by atoms with van der Waals surface area (Å²) in [5.74, 6) is -4.51. The van der Waals surface area contributed by atoms with Crippen molar-refractivity contribution in [3.8, 4) is 0 Å². The second-order valence-corrected chi connectivity index (χ2v) is 2.33. The molecule has 0 aromatic heterocycles.